The van der Waals surface area contributed by atoms with Crippen LogP contribution in [0.1, 0.15) is 11.1 Å². The number of ether oxygens (including phenoxy) is 1. The van der Waals surface area contributed by atoms with E-state index < -0.39 is 0 Å². The van der Waals surface area contributed by atoms with E-state index in [4.69, 9.17) is 4.74 Å². The van der Waals surface area contributed by atoms with Gasteiger partial charge < -0.3 is 20.3 Å². The van der Waals surface area contributed by atoms with Gasteiger partial charge in [0.15, 0.2) is 5.96 Å². The number of rotatable bonds is 7. The fourth-order valence-electron chi connectivity index (χ4n) is 2.47. The summed E-state index contributed by atoms with van der Waals surface area (Å²) in [5.41, 5.74) is 3.69. The zero-order chi connectivity index (χ0) is 18.1. The summed E-state index contributed by atoms with van der Waals surface area (Å²) in [5, 5.41) is 6.71. The molecular formula is C20H29IN4O. The Morgan fingerprint density at radius 1 is 1.04 bits per heavy atom. The van der Waals surface area contributed by atoms with Crippen LogP contribution in [0.4, 0.5) is 5.69 Å². The lowest BCUT2D eigenvalue weighted by molar-refractivity contribution is 0.414. The van der Waals surface area contributed by atoms with Crippen molar-refractivity contribution in [2.24, 2.45) is 4.99 Å². The third-order valence-corrected chi connectivity index (χ3v) is 3.98. The standard InChI is InChI=1S/C20H28N4O.HI/c1-21-20(22-13-12-16-8-10-19(25-4)11-9-16)23-15-17-6-5-7-18(14-17)24(2)3;/h5-11,14H,12-13,15H2,1-4H3,(H2,21,22,23);1H. The van der Waals surface area contributed by atoms with Gasteiger partial charge in [-0.05, 0) is 41.8 Å². The molecule has 0 aliphatic heterocycles. The Kier molecular flexibility index (Phi) is 9.87. The number of halogens is 1. The second-order valence-electron chi connectivity index (χ2n) is 6.01. The van der Waals surface area contributed by atoms with Gasteiger partial charge >= 0.3 is 0 Å². The number of benzene rings is 2. The van der Waals surface area contributed by atoms with Crippen molar-refractivity contribution < 1.29 is 4.74 Å². The molecule has 0 radical (unpaired) electrons. The third-order valence-electron chi connectivity index (χ3n) is 3.98. The van der Waals surface area contributed by atoms with Gasteiger partial charge in [0, 0.05) is 39.9 Å². The van der Waals surface area contributed by atoms with Crippen LogP contribution in [0.15, 0.2) is 53.5 Å². The van der Waals surface area contributed by atoms with Gasteiger partial charge in [0.2, 0.25) is 0 Å². The number of aliphatic imine (C=N–C) groups is 1. The molecule has 0 spiro atoms. The molecule has 0 saturated heterocycles. The summed E-state index contributed by atoms with van der Waals surface area (Å²) >= 11 is 0. The molecule has 2 aromatic rings. The molecule has 0 aromatic heterocycles. The van der Waals surface area contributed by atoms with Gasteiger partial charge in [-0.25, -0.2) is 0 Å². The molecule has 2 aromatic carbocycles. The maximum atomic E-state index is 5.18. The van der Waals surface area contributed by atoms with E-state index in [1.54, 1.807) is 14.2 Å². The van der Waals surface area contributed by atoms with Gasteiger partial charge in [-0.1, -0.05) is 24.3 Å². The molecule has 0 unspecified atom stereocenters. The molecule has 6 heteroatoms. The molecule has 0 atom stereocenters. The molecule has 2 rings (SSSR count). The van der Waals surface area contributed by atoms with E-state index in [1.807, 2.05) is 26.2 Å². The lowest BCUT2D eigenvalue weighted by atomic mass is 10.1. The molecule has 0 aliphatic carbocycles. The van der Waals surface area contributed by atoms with Crippen molar-refractivity contribution in [1.82, 2.24) is 10.6 Å². The first kappa shape index (κ1) is 22.1. The Hall–Kier alpha value is -1.96. The van der Waals surface area contributed by atoms with E-state index in [0.717, 1.165) is 31.2 Å². The van der Waals surface area contributed by atoms with Crippen LogP contribution in [-0.2, 0) is 13.0 Å². The first-order valence-corrected chi connectivity index (χ1v) is 8.46. The van der Waals surface area contributed by atoms with Crippen molar-refractivity contribution in [1.29, 1.82) is 0 Å². The number of nitrogens with zero attached hydrogens (tertiary/aromatic N) is 2. The Balaban J connectivity index is 0.00000338. The largest absolute Gasteiger partial charge is 0.497 e. The van der Waals surface area contributed by atoms with Crippen LogP contribution >= 0.6 is 24.0 Å². The van der Waals surface area contributed by atoms with Crippen LogP contribution < -0.4 is 20.3 Å². The minimum atomic E-state index is 0. The monoisotopic (exact) mass is 468 g/mol. The lowest BCUT2D eigenvalue weighted by Crippen LogP contribution is -2.37. The van der Waals surface area contributed by atoms with E-state index in [9.17, 15) is 0 Å². The van der Waals surface area contributed by atoms with Crippen LogP contribution in [-0.4, -0.2) is 40.8 Å². The van der Waals surface area contributed by atoms with Gasteiger partial charge in [-0.15, -0.1) is 24.0 Å². The molecule has 0 aliphatic rings. The van der Waals surface area contributed by atoms with E-state index in [0.29, 0.717) is 0 Å². The van der Waals surface area contributed by atoms with Gasteiger partial charge in [-0.2, -0.15) is 0 Å². The van der Waals surface area contributed by atoms with Crippen molar-refractivity contribution in [3.8, 4) is 5.75 Å². The Morgan fingerprint density at radius 3 is 2.38 bits per heavy atom. The number of methoxy groups -OCH3 is 1. The predicted molar refractivity (Wildman–Crippen MR) is 121 cm³/mol. The van der Waals surface area contributed by atoms with Gasteiger partial charge in [0.05, 0.1) is 7.11 Å². The fraction of sp³-hybridized carbons (Fsp3) is 0.350. The average Bonchev–Trinajstić information content (AvgIpc) is 2.65. The number of hydrogen-bond donors (Lipinski definition) is 2. The zero-order valence-corrected chi connectivity index (χ0v) is 18.3. The van der Waals surface area contributed by atoms with Crippen molar-refractivity contribution in [2.75, 3.05) is 39.7 Å². The molecule has 0 heterocycles. The van der Waals surface area contributed by atoms with E-state index >= 15 is 0 Å². The Labute approximate surface area is 173 Å². The quantitative estimate of drug-likeness (QED) is 0.372. The van der Waals surface area contributed by atoms with Gasteiger partial charge in [-0.3, -0.25) is 4.99 Å². The van der Waals surface area contributed by atoms with E-state index in [-0.39, 0.29) is 24.0 Å². The third kappa shape index (κ3) is 7.11. The van der Waals surface area contributed by atoms with Crippen LogP contribution in [0.2, 0.25) is 0 Å². The molecule has 0 fully saturated rings. The first-order chi connectivity index (χ1) is 12.1. The summed E-state index contributed by atoms with van der Waals surface area (Å²) in [7, 11) is 7.57. The van der Waals surface area contributed by atoms with Crippen molar-refractivity contribution >= 4 is 35.6 Å². The maximum absolute atomic E-state index is 5.18. The summed E-state index contributed by atoms with van der Waals surface area (Å²) in [6.45, 7) is 1.56. The second-order valence-corrected chi connectivity index (χ2v) is 6.01. The van der Waals surface area contributed by atoms with Gasteiger partial charge in [0.1, 0.15) is 5.75 Å². The first-order valence-electron chi connectivity index (χ1n) is 8.46. The van der Waals surface area contributed by atoms with Crippen LogP contribution in [0.5, 0.6) is 5.75 Å². The number of guanidine groups is 1. The highest BCUT2D eigenvalue weighted by molar-refractivity contribution is 14.0. The predicted octanol–water partition coefficient (Wildman–Crippen LogP) is 3.29. The molecule has 0 amide bonds. The van der Waals surface area contributed by atoms with Gasteiger partial charge in [0.25, 0.3) is 0 Å². The van der Waals surface area contributed by atoms with Crippen LogP contribution in [0, 0.1) is 0 Å². The molecule has 142 valence electrons. The van der Waals surface area contributed by atoms with Crippen LogP contribution in [0.25, 0.3) is 0 Å². The Morgan fingerprint density at radius 2 is 1.77 bits per heavy atom. The van der Waals surface area contributed by atoms with Crippen molar-refractivity contribution in [3.05, 3.63) is 59.7 Å². The van der Waals surface area contributed by atoms with E-state index in [1.165, 1.54) is 16.8 Å². The SMILES string of the molecule is CN=C(NCCc1ccc(OC)cc1)NCc1cccc(N(C)C)c1.I. The lowest BCUT2D eigenvalue weighted by Gasteiger charge is -2.15. The molecular weight excluding hydrogens is 439 g/mol. The van der Waals surface area contributed by atoms with Crippen LogP contribution in [0.3, 0.4) is 0 Å². The maximum Gasteiger partial charge on any atom is 0.191 e. The Bertz CT molecular complexity index is 686. The molecule has 2 N–H and O–H groups in total. The molecule has 0 bridgehead atoms. The minimum Gasteiger partial charge on any atom is -0.497 e. The summed E-state index contributed by atoms with van der Waals surface area (Å²) in [6, 6.07) is 16.6. The minimum absolute atomic E-state index is 0. The highest BCUT2D eigenvalue weighted by atomic mass is 127. The zero-order valence-electron chi connectivity index (χ0n) is 16.0. The average molecular weight is 468 g/mol. The normalized spacial score (nSPS) is 10.7. The number of nitrogens with one attached hydrogen (secondary N) is 2. The highest BCUT2D eigenvalue weighted by Crippen LogP contribution is 2.13. The number of anilines is 1. The highest BCUT2D eigenvalue weighted by Gasteiger charge is 2.01. The van der Waals surface area contributed by atoms with Crippen molar-refractivity contribution in [3.63, 3.8) is 0 Å². The summed E-state index contributed by atoms with van der Waals surface area (Å²) in [4.78, 5) is 6.39. The number of hydrogen-bond acceptors (Lipinski definition) is 3. The summed E-state index contributed by atoms with van der Waals surface area (Å²) in [5.74, 6) is 1.69. The molecule has 0 saturated carbocycles. The van der Waals surface area contributed by atoms with E-state index in [2.05, 4.69) is 56.9 Å². The fourth-order valence-corrected chi connectivity index (χ4v) is 2.47. The summed E-state index contributed by atoms with van der Waals surface area (Å²) in [6.07, 6.45) is 0.931. The second kappa shape index (κ2) is 11.6. The smallest absolute Gasteiger partial charge is 0.191 e. The molecule has 5 nitrogen and oxygen atoms in total. The van der Waals surface area contributed by atoms with Crippen molar-refractivity contribution in [2.45, 2.75) is 13.0 Å². The topological polar surface area (TPSA) is 48.9 Å². The summed E-state index contributed by atoms with van der Waals surface area (Å²) < 4.78 is 5.18. The molecule has 26 heavy (non-hydrogen) atoms.